The van der Waals surface area contributed by atoms with Crippen LogP contribution < -0.4 is 0 Å². The molecule has 1 rings (SSSR count). The molecular formula is C13H15BrO2. The van der Waals surface area contributed by atoms with Gasteiger partial charge in [-0.15, -0.1) is 0 Å². The van der Waals surface area contributed by atoms with Gasteiger partial charge >= 0.3 is 5.97 Å². The third-order valence-corrected chi connectivity index (χ3v) is 2.62. The summed E-state index contributed by atoms with van der Waals surface area (Å²) in [5.74, 6) is -0.299. The van der Waals surface area contributed by atoms with Crippen LogP contribution in [-0.4, -0.2) is 11.3 Å². The molecule has 0 N–H and O–H groups in total. The summed E-state index contributed by atoms with van der Waals surface area (Å²) in [5.41, 5.74) is 3.72. The molecule has 0 bridgehead atoms. The summed E-state index contributed by atoms with van der Waals surface area (Å²) >= 11 is 3.22. The first-order valence-corrected chi connectivity index (χ1v) is 6.18. The van der Waals surface area contributed by atoms with Crippen LogP contribution in [0.2, 0.25) is 0 Å². The van der Waals surface area contributed by atoms with Crippen molar-refractivity contribution in [2.45, 2.75) is 20.8 Å². The molecule has 0 saturated heterocycles. The summed E-state index contributed by atoms with van der Waals surface area (Å²) < 4.78 is 5.02. The van der Waals surface area contributed by atoms with E-state index < -0.39 is 0 Å². The number of carbonyl (C=O) groups is 1. The van der Waals surface area contributed by atoms with Gasteiger partial charge in [-0.3, -0.25) is 0 Å². The van der Waals surface area contributed by atoms with Crippen LogP contribution >= 0.6 is 15.9 Å². The maximum Gasteiger partial charge on any atom is 0.343 e. The monoisotopic (exact) mass is 282 g/mol. The molecule has 1 aromatic rings. The van der Waals surface area contributed by atoms with Crippen molar-refractivity contribution in [2.24, 2.45) is 0 Å². The summed E-state index contributed by atoms with van der Waals surface area (Å²) in [6.45, 7) is 5.86. The lowest BCUT2D eigenvalue weighted by Crippen LogP contribution is -2.06. The molecule has 0 fully saturated rings. The Balaban J connectivity index is 2.95. The highest BCUT2D eigenvalue weighted by Crippen LogP contribution is 2.17. The van der Waals surface area contributed by atoms with Crippen molar-refractivity contribution in [3.8, 4) is 0 Å². The van der Waals surface area contributed by atoms with Gasteiger partial charge in [-0.2, -0.15) is 0 Å². The van der Waals surface area contributed by atoms with Crippen molar-refractivity contribution in [3.05, 3.63) is 46.7 Å². The van der Waals surface area contributed by atoms with Crippen LogP contribution in [0.5, 0.6) is 0 Å². The van der Waals surface area contributed by atoms with E-state index >= 15 is 0 Å². The molecule has 86 valence electrons. The van der Waals surface area contributed by atoms with E-state index in [9.17, 15) is 4.79 Å². The molecule has 0 unspecified atom stereocenters. The van der Waals surface area contributed by atoms with Gasteiger partial charge in [-0.05, 0) is 38.0 Å². The van der Waals surface area contributed by atoms with Gasteiger partial charge in [-0.1, -0.05) is 33.6 Å². The van der Waals surface area contributed by atoms with Crippen LogP contribution in [0, 0.1) is 20.8 Å². The van der Waals surface area contributed by atoms with Gasteiger partial charge in [0, 0.05) is 5.33 Å². The lowest BCUT2D eigenvalue weighted by atomic mass is 10.0. The summed E-state index contributed by atoms with van der Waals surface area (Å²) in [6.07, 6.45) is 3.15. The zero-order chi connectivity index (χ0) is 12.1. The number of hydrogen-bond acceptors (Lipinski definition) is 2. The molecule has 0 aromatic heterocycles. The van der Waals surface area contributed by atoms with E-state index in [0.717, 1.165) is 16.7 Å². The number of aryl methyl sites for hydroxylation is 3. The minimum atomic E-state index is -0.299. The molecule has 0 aliphatic heterocycles. The molecule has 16 heavy (non-hydrogen) atoms. The summed E-state index contributed by atoms with van der Waals surface area (Å²) in [7, 11) is 0. The highest BCUT2D eigenvalue weighted by atomic mass is 79.9. The van der Waals surface area contributed by atoms with Crippen molar-refractivity contribution in [1.29, 1.82) is 0 Å². The maximum absolute atomic E-state index is 11.8. The van der Waals surface area contributed by atoms with E-state index in [1.807, 2.05) is 32.9 Å². The fraction of sp³-hybridized carbons (Fsp3) is 0.308. The summed E-state index contributed by atoms with van der Waals surface area (Å²) in [6, 6.07) is 3.97. The normalized spacial score (nSPS) is 10.8. The third-order valence-electron chi connectivity index (χ3n) is 2.24. The standard InChI is InChI=1S/C13H15BrO2/c1-9-7-10(2)12(11(3)8-9)13(15)16-6-4-5-14/h4,6-8H,5H2,1-3H3. The van der Waals surface area contributed by atoms with Crippen LogP contribution in [0.3, 0.4) is 0 Å². The fourth-order valence-electron chi connectivity index (χ4n) is 1.71. The summed E-state index contributed by atoms with van der Waals surface area (Å²) in [5, 5.41) is 0.673. The average Bonchev–Trinajstić information content (AvgIpc) is 2.16. The lowest BCUT2D eigenvalue weighted by molar-refractivity contribution is 0.0661. The van der Waals surface area contributed by atoms with Gasteiger partial charge in [0.2, 0.25) is 0 Å². The average molecular weight is 283 g/mol. The van der Waals surface area contributed by atoms with Gasteiger partial charge < -0.3 is 4.74 Å². The number of rotatable bonds is 3. The minimum Gasteiger partial charge on any atom is -0.431 e. The quantitative estimate of drug-likeness (QED) is 0.480. The Morgan fingerprint density at radius 3 is 2.38 bits per heavy atom. The topological polar surface area (TPSA) is 26.3 Å². The summed E-state index contributed by atoms with van der Waals surface area (Å²) in [4.78, 5) is 11.8. The van der Waals surface area contributed by atoms with Crippen molar-refractivity contribution < 1.29 is 9.53 Å². The Bertz CT molecular complexity index is 399. The first-order valence-electron chi connectivity index (χ1n) is 5.06. The largest absolute Gasteiger partial charge is 0.431 e. The smallest absolute Gasteiger partial charge is 0.343 e. The van der Waals surface area contributed by atoms with Crippen LogP contribution in [0.1, 0.15) is 27.0 Å². The second-order valence-electron chi connectivity index (χ2n) is 3.71. The molecule has 0 radical (unpaired) electrons. The SMILES string of the molecule is Cc1cc(C)c(C(=O)OC=CCBr)c(C)c1. The molecular weight excluding hydrogens is 268 g/mol. The number of halogens is 1. The van der Waals surface area contributed by atoms with Gasteiger partial charge in [0.1, 0.15) is 0 Å². The van der Waals surface area contributed by atoms with E-state index in [0.29, 0.717) is 10.9 Å². The zero-order valence-electron chi connectivity index (χ0n) is 9.71. The van der Waals surface area contributed by atoms with Gasteiger partial charge in [0.15, 0.2) is 0 Å². The van der Waals surface area contributed by atoms with Crippen LogP contribution in [0.25, 0.3) is 0 Å². The molecule has 2 nitrogen and oxygen atoms in total. The molecule has 1 aromatic carbocycles. The van der Waals surface area contributed by atoms with Crippen molar-refractivity contribution in [3.63, 3.8) is 0 Å². The van der Waals surface area contributed by atoms with Gasteiger partial charge in [0.25, 0.3) is 0 Å². The number of esters is 1. The number of carbonyl (C=O) groups excluding carboxylic acids is 1. The Morgan fingerprint density at radius 2 is 1.88 bits per heavy atom. The molecule has 0 saturated carbocycles. The Kier molecular flexibility index (Phi) is 4.74. The third kappa shape index (κ3) is 3.20. The van der Waals surface area contributed by atoms with Crippen LogP contribution in [-0.2, 0) is 4.74 Å². The van der Waals surface area contributed by atoms with E-state index in [1.54, 1.807) is 6.08 Å². The van der Waals surface area contributed by atoms with Crippen molar-refractivity contribution in [2.75, 3.05) is 5.33 Å². The van der Waals surface area contributed by atoms with Crippen molar-refractivity contribution in [1.82, 2.24) is 0 Å². The minimum absolute atomic E-state index is 0.299. The molecule has 0 atom stereocenters. The van der Waals surface area contributed by atoms with Crippen LogP contribution in [0.4, 0.5) is 0 Å². The van der Waals surface area contributed by atoms with E-state index in [-0.39, 0.29) is 5.97 Å². The molecule has 0 amide bonds. The van der Waals surface area contributed by atoms with E-state index in [2.05, 4.69) is 15.9 Å². The molecule has 0 aliphatic carbocycles. The first kappa shape index (κ1) is 13.0. The van der Waals surface area contributed by atoms with Gasteiger partial charge in [-0.25, -0.2) is 4.79 Å². The second kappa shape index (κ2) is 5.85. The predicted octanol–water partition coefficient (Wildman–Crippen LogP) is 3.68. The Hall–Kier alpha value is -1.09. The van der Waals surface area contributed by atoms with Gasteiger partial charge in [0.05, 0.1) is 11.8 Å². The highest BCUT2D eigenvalue weighted by Gasteiger charge is 2.13. The number of alkyl halides is 1. The first-order chi connectivity index (χ1) is 7.56. The number of hydrogen-bond donors (Lipinski definition) is 0. The number of ether oxygens (including phenoxy) is 1. The Labute approximate surface area is 104 Å². The van der Waals surface area contributed by atoms with E-state index in [4.69, 9.17) is 4.74 Å². The molecule has 3 heteroatoms. The maximum atomic E-state index is 11.8. The molecule has 0 spiro atoms. The second-order valence-corrected chi connectivity index (χ2v) is 4.35. The highest BCUT2D eigenvalue weighted by molar-refractivity contribution is 9.09. The number of benzene rings is 1. The molecule has 0 heterocycles. The fourth-order valence-corrected chi connectivity index (χ4v) is 1.86. The van der Waals surface area contributed by atoms with Crippen LogP contribution in [0.15, 0.2) is 24.5 Å². The molecule has 0 aliphatic rings. The lowest BCUT2D eigenvalue weighted by Gasteiger charge is -2.08. The Morgan fingerprint density at radius 1 is 1.31 bits per heavy atom. The zero-order valence-corrected chi connectivity index (χ0v) is 11.3. The van der Waals surface area contributed by atoms with E-state index in [1.165, 1.54) is 6.26 Å². The predicted molar refractivity (Wildman–Crippen MR) is 69.0 cm³/mol. The van der Waals surface area contributed by atoms with Crippen molar-refractivity contribution >= 4 is 21.9 Å². The number of allylic oxidation sites excluding steroid dienone is 1.